The van der Waals surface area contributed by atoms with Crippen molar-refractivity contribution in [3.8, 4) is 5.75 Å². The normalized spacial score (nSPS) is 20.4. The van der Waals surface area contributed by atoms with Crippen molar-refractivity contribution in [3.63, 3.8) is 0 Å². The molecule has 5 nitrogen and oxygen atoms in total. The van der Waals surface area contributed by atoms with E-state index in [1.54, 1.807) is 0 Å². The molecular weight excluding hydrogens is 266 g/mol. The maximum atomic E-state index is 12.1. The molecule has 0 saturated heterocycles. The first-order valence-corrected chi connectivity index (χ1v) is 7.62. The lowest BCUT2D eigenvalue weighted by molar-refractivity contribution is -0.128. The van der Waals surface area contributed by atoms with Gasteiger partial charge < -0.3 is 4.74 Å². The van der Waals surface area contributed by atoms with Gasteiger partial charge in [-0.2, -0.15) is 0 Å². The number of hydrazine groups is 1. The predicted molar refractivity (Wildman–Crippen MR) is 81.1 cm³/mol. The number of hydrogen-bond acceptors (Lipinski definition) is 4. The molecule has 2 N–H and O–H groups in total. The Balaban J connectivity index is 1.60. The highest BCUT2D eigenvalue weighted by atomic mass is 16.5. The van der Waals surface area contributed by atoms with Gasteiger partial charge in [0.25, 0.3) is 5.91 Å². The van der Waals surface area contributed by atoms with E-state index in [2.05, 4.69) is 10.9 Å². The number of carbonyl (C=O) groups excluding carboxylic acids is 1. The van der Waals surface area contributed by atoms with E-state index in [9.17, 15) is 4.79 Å². The van der Waals surface area contributed by atoms with E-state index in [1.807, 2.05) is 30.3 Å². The summed E-state index contributed by atoms with van der Waals surface area (Å²) in [6.07, 6.45) is 5.71. The van der Waals surface area contributed by atoms with Crippen LogP contribution in [0.4, 0.5) is 0 Å². The molecule has 1 saturated carbocycles. The summed E-state index contributed by atoms with van der Waals surface area (Å²) in [5.41, 5.74) is 5.13. The fraction of sp³-hybridized carbons (Fsp3) is 0.500. The number of nitrogens with zero attached hydrogens (tertiary/aromatic N) is 1. The van der Waals surface area contributed by atoms with Gasteiger partial charge >= 0.3 is 0 Å². The molecule has 1 aliphatic carbocycles. The van der Waals surface area contributed by atoms with Crippen LogP contribution >= 0.6 is 0 Å². The molecule has 1 fully saturated rings. The van der Waals surface area contributed by atoms with Gasteiger partial charge in [0.2, 0.25) is 0 Å². The average molecular weight is 287 g/mol. The molecule has 0 aromatic heterocycles. The van der Waals surface area contributed by atoms with Crippen molar-refractivity contribution < 1.29 is 9.53 Å². The molecule has 3 rings (SSSR count). The molecule has 1 aliphatic heterocycles. The van der Waals surface area contributed by atoms with Gasteiger partial charge in [-0.15, -0.1) is 0 Å². The zero-order valence-electron chi connectivity index (χ0n) is 12.1. The van der Waals surface area contributed by atoms with Crippen LogP contribution in [-0.4, -0.2) is 23.9 Å². The Kier molecular flexibility index (Phi) is 4.08. The summed E-state index contributed by atoms with van der Waals surface area (Å²) >= 11 is 0. The van der Waals surface area contributed by atoms with E-state index in [1.165, 1.54) is 6.42 Å². The Bertz CT molecular complexity index is 522. The third-order valence-corrected chi connectivity index (χ3v) is 4.12. The molecular formula is C16H21N3O2. The predicted octanol–water partition coefficient (Wildman–Crippen LogP) is 2.19. The van der Waals surface area contributed by atoms with E-state index >= 15 is 0 Å². The second-order valence-electron chi connectivity index (χ2n) is 5.64. The van der Waals surface area contributed by atoms with Crippen LogP contribution in [0.2, 0.25) is 0 Å². The third-order valence-electron chi connectivity index (χ3n) is 4.12. The molecule has 21 heavy (non-hydrogen) atoms. The van der Waals surface area contributed by atoms with Crippen molar-refractivity contribution in [1.82, 2.24) is 10.9 Å². The van der Waals surface area contributed by atoms with Crippen LogP contribution < -0.4 is 15.6 Å². The van der Waals surface area contributed by atoms with Crippen LogP contribution in [0.3, 0.4) is 0 Å². The number of para-hydroxylation sites is 1. The summed E-state index contributed by atoms with van der Waals surface area (Å²) in [5, 5.41) is 0. The zero-order valence-corrected chi connectivity index (χ0v) is 12.1. The van der Waals surface area contributed by atoms with Crippen molar-refractivity contribution in [2.24, 2.45) is 4.99 Å². The second-order valence-corrected chi connectivity index (χ2v) is 5.64. The van der Waals surface area contributed by atoms with E-state index < -0.39 is 5.54 Å². The number of benzene rings is 1. The lowest BCUT2D eigenvalue weighted by Crippen LogP contribution is -2.58. The Morgan fingerprint density at radius 3 is 2.62 bits per heavy atom. The van der Waals surface area contributed by atoms with Crippen molar-refractivity contribution >= 4 is 11.7 Å². The maximum absolute atomic E-state index is 12.1. The fourth-order valence-electron chi connectivity index (χ4n) is 2.96. The fourth-order valence-corrected chi connectivity index (χ4v) is 2.96. The summed E-state index contributed by atoms with van der Waals surface area (Å²) in [7, 11) is 0. The summed E-state index contributed by atoms with van der Waals surface area (Å²) < 4.78 is 5.68. The van der Waals surface area contributed by atoms with Gasteiger partial charge in [0.1, 0.15) is 17.1 Å². The number of ether oxygens (including phenoxy) is 1. The number of aliphatic imine (C=N–C) groups is 1. The first kappa shape index (κ1) is 13.9. The standard InChI is InChI=1S/C16H21N3O2/c20-15-16(10-5-2-6-11-16)17-14(18-19-15)9-12-21-13-7-3-1-4-8-13/h1,3-4,7-8H,2,5-6,9-12H2,(H,17,18)(H,19,20). The zero-order chi connectivity index (χ0) is 14.5. The molecule has 1 amide bonds. The highest BCUT2D eigenvalue weighted by Crippen LogP contribution is 2.33. The van der Waals surface area contributed by atoms with Gasteiger partial charge in [0, 0.05) is 6.42 Å². The van der Waals surface area contributed by atoms with Gasteiger partial charge in [-0.05, 0) is 25.0 Å². The van der Waals surface area contributed by atoms with Gasteiger partial charge in [-0.1, -0.05) is 37.5 Å². The summed E-state index contributed by atoms with van der Waals surface area (Å²) in [5.74, 6) is 1.67. The molecule has 0 bridgehead atoms. The average Bonchev–Trinajstić information content (AvgIpc) is 2.53. The number of hydrogen-bond donors (Lipinski definition) is 2. The van der Waals surface area contributed by atoms with Gasteiger partial charge in [0.05, 0.1) is 6.61 Å². The van der Waals surface area contributed by atoms with Crippen LogP contribution in [0.5, 0.6) is 5.75 Å². The molecule has 0 atom stereocenters. The van der Waals surface area contributed by atoms with Gasteiger partial charge in [-0.3, -0.25) is 20.6 Å². The lowest BCUT2D eigenvalue weighted by atomic mass is 9.81. The molecule has 1 heterocycles. The largest absolute Gasteiger partial charge is 0.493 e. The Hall–Kier alpha value is -2.04. The molecule has 1 spiro atoms. The highest BCUT2D eigenvalue weighted by molar-refractivity contribution is 5.96. The SMILES string of the molecule is O=C1NNC(CCOc2ccccc2)=NC12CCCCC2. The molecule has 1 aromatic carbocycles. The van der Waals surface area contributed by atoms with E-state index in [0.29, 0.717) is 13.0 Å². The first-order valence-electron chi connectivity index (χ1n) is 7.62. The number of amides is 1. The number of carbonyl (C=O) groups is 1. The van der Waals surface area contributed by atoms with Crippen molar-refractivity contribution in [2.75, 3.05) is 6.61 Å². The number of nitrogens with one attached hydrogen (secondary N) is 2. The highest BCUT2D eigenvalue weighted by Gasteiger charge is 2.41. The Morgan fingerprint density at radius 1 is 1.10 bits per heavy atom. The minimum atomic E-state index is -0.536. The van der Waals surface area contributed by atoms with Crippen LogP contribution in [0.1, 0.15) is 38.5 Å². The first-order chi connectivity index (χ1) is 10.3. The van der Waals surface area contributed by atoms with Crippen molar-refractivity contribution in [2.45, 2.75) is 44.1 Å². The third kappa shape index (κ3) is 3.17. The van der Waals surface area contributed by atoms with Crippen LogP contribution in [-0.2, 0) is 4.79 Å². The summed E-state index contributed by atoms with van der Waals surface area (Å²) in [4.78, 5) is 16.8. The minimum absolute atomic E-state index is 0.00919. The lowest BCUT2D eigenvalue weighted by Gasteiger charge is -2.36. The second kappa shape index (κ2) is 6.16. The molecule has 112 valence electrons. The molecule has 2 aliphatic rings. The summed E-state index contributed by atoms with van der Waals surface area (Å²) in [6.45, 7) is 0.543. The van der Waals surface area contributed by atoms with E-state index in [0.717, 1.165) is 37.3 Å². The van der Waals surface area contributed by atoms with Crippen molar-refractivity contribution in [3.05, 3.63) is 30.3 Å². The van der Waals surface area contributed by atoms with Crippen LogP contribution in [0.25, 0.3) is 0 Å². The molecule has 5 heteroatoms. The van der Waals surface area contributed by atoms with E-state index in [4.69, 9.17) is 9.73 Å². The van der Waals surface area contributed by atoms with Gasteiger partial charge in [-0.25, -0.2) is 0 Å². The molecule has 0 radical (unpaired) electrons. The monoisotopic (exact) mass is 287 g/mol. The topological polar surface area (TPSA) is 62.7 Å². The molecule has 1 aromatic rings. The Morgan fingerprint density at radius 2 is 1.86 bits per heavy atom. The smallest absolute Gasteiger partial charge is 0.266 e. The number of rotatable bonds is 4. The van der Waals surface area contributed by atoms with E-state index in [-0.39, 0.29) is 5.91 Å². The number of amidine groups is 1. The molecule has 0 unspecified atom stereocenters. The van der Waals surface area contributed by atoms with Gasteiger partial charge in [0.15, 0.2) is 0 Å². The van der Waals surface area contributed by atoms with Crippen LogP contribution in [0, 0.1) is 0 Å². The van der Waals surface area contributed by atoms with Crippen molar-refractivity contribution in [1.29, 1.82) is 0 Å². The quantitative estimate of drug-likeness (QED) is 0.892. The summed E-state index contributed by atoms with van der Waals surface area (Å²) in [6, 6.07) is 9.72. The minimum Gasteiger partial charge on any atom is -0.493 e. The van der Waals surface area contributed by atoms with Crippen LogP contribution in [0.15, 0.2) is 35.3 Å². The Labute approximate surface area is 124 Å². The maximum Gasteiger partial charge on any atom is 0.266 e.